The molecule has 0 aliphatic carbocycles. The zero-order valence-electron chi connectivity index (χ0n) is 20.5. The molecule has 3 heterocycles. The van der Waals surface area contributed by atoms with Crippen LogP contribution in [0.2, 0.25) is 0 Å². The summed E-state index contributed by atoms with van der Waals surface area (Å²) in [4.78, 5) is 18.1. The molecule has 1 saturated heterocycles. The highest BCUT2D eigenvalue weighted by molar-refractivity contribution is 5.80. The third kappa shape index (κ3) is 5.39. The second kappa shape index (κ2) is 10.9. The van der Waals surface area contributed by atoms with Crippen LogP contribution in [0.1, 0.15) is 29.8 Å². The van der Waals surface area contributed by atoms with Crippen molar-refractivity contribution in [1.82, 2.24) is 30.1 Å². The fourth-order valence-electron chi connectivity index (χ4n) is 4.62. The van der Waals surface area contributed by atoms with Gasteiger partial charge in [0.05, 0.1) is 33.4 Å². The van der Waals surface area contributed by atoms with E-state index in [-0.39, 0.29) is 11.7 Å². The van der Waals surface area contributed by atoms with Crippen LogP contribution < -0.4 is 15.0 Å². The van der Waals surface area contributed by atoms with Crippen molar-refractivity contribution in [3.8, 4) is 11.5 Å². The molecule has 0 unspecified atom stereocenters. The standard InChI is InChI=1S/C26H30N6O4/c1-34-21-9-10-23-19(13-21)12-20(26(33)27-23)15-31(14-18-6-3-4-8-24(18)35-2)17-25-28-29-30-32(25)16-22-7-5-11-36-22/h3-4,6,8-10,12-13,22H,5,7,11,14-17H2,1-2H3,(H,27,33)/t22-/m1/s1. The molecule has 1 fully saturated rings. The molecule has 4 aromatic rings. The number of aromatic nitrogens is 5. The Labute approximate surface area is 208 Å². The Morgan fingerprint density at radius 2 is 1.94 bits per heavy atom. The van der Waals surface area contributed by atoms with Crippen LogP contribution in [0.3, 0.4) is 0 Å². The van der Waals surface area contributed by atoms with Gasteiger partial charge in [-0.25, -0.2) is 4.68 Å². The molecule has 0 saturated carbocycles. The van der Waals surface area contributed by atoms with E-state index in [2.05, 4.69) is 25.4 Å². The van der Waals surface area contributed by atoms with Crippen molar-refractivity contribution in [3.05, 3.63) is 75.8 Å². The number of hydrogen-bond donors (Lipinski definition) is 1. The molecule has 0 spiro atoms. The van der Waals surface area contributed by atoms with Crippen molar-refractivity contribution in [2.45, 2.75) is 45.1 Å². The summed E-state index contributed by atoms with van der Waals surface area (Å²) in [6, 6.07) is 15.4. The summed E-state index contributed by atoms with van der Waals surface area (Å²) in [5.41, 5.74) is 2.29. The fourth-order valence-corrected chi connectivity index (χ4v) is 4.62. The molecule has 1 N–H and O–H groups in total. The predicted molar refractivity (Wildman–Crippen MR) is 134 cm³/mol. The van der Waals surface area contributed by atoms with E-state index in [4.69, 9.17) is 14.2 Å². The monoisotopic (exact) mass is 490 g/mol. The third-order valence-electron chi connectivity index (χ3n) is 6.48. The summed E-state index contributed by atoms with van der Waals surface area (Å²) in [5, 5.41) is 13.3. The highest BCUT2D eigenvalue weighted by Crippen LogP contribution is 2.23. The van der Waals surface area contributed by atoms with Crippen LogP contribution in [-0.2, 0) is 30.9 Å². The van der Waals surface area contributed by atoms with Crippen LogP contribution in [0, 0.1) is 0 Å². The molecule has 0 amide bonds. The van der Waals surface area contributed by atoms with Crippen molar-refractivity contribution in [1.29, 1.82) is 0 Å². The largest absolute Gasteiger partial charge is 0.497 e. The molecule has 10 nitrogen and oxygen atoms in total. The Morgan fingerprint density at radius 1 is 1.08 bits per heavy atom. The Morgan fingerprint density at radius 3 is 2.75 bits per heavy atom. The first-order valence-electron chi connectivity index (χ1n) is 12.0. The summed E-state index contributed by atoms with van der Waals surface area (Å²) in [6.45, 7) is 2.78. The van der Waals surface area contributed by atoms with Gasteiger partial charge in [0, 0.05) is 41.7 Å². The van der Waals surface area contributed by atoms with Crippen molar-refractivity contribution >= 4 is 10.9 Å². The topological polar surface area (TPSA) is 107 Å². The van der Waals surface area contributed by atoms with E-state index in [1.165, 1.54) is 0 Å². The maximum atomic E-state index is 13.0. The minimum Gasteiger partial charge on any atom is -0.497 e. The van der Waals surface area contributed by atoms with Gasteiger partial charge in [-0.2, -0.15) is 0 Å². The van der Waals surface area contributed by atoms with Gasteiger partial charge in [0.15, 0.2) is 5.82 Å². The molecular weight excluding hydrogens is 460 g/mol. The molecule has 5 rings (SSSR count). The molecule has 1 aliphatic heterocycles. The van der Waals surface area contributed by atoms with Crippen LogP contribution >= 0.6 is 0 Å². The van der Waals surface area contributed by atoms with Gasteiger partial charge >= 0.3 is 0 Å². The summed E-state index contributed by atoms with van der Waals surface area (Å²) >= 11 is 0. The summed E-state index contributed by atoms with van der Waals surface area (Å²) in [5.74, 6) is 2.25. The first-order chi connectivity index (χ1) is 17.6. The van der Waals surface area contributed by atoms with Crippen LogP contribution in [0.5, 0.6) is 11.5 Å². The van der Waals surface area contributed by atoms with E-state index in [1.807, 2.05) is 48.5 Å². The predicted octanol–water partition coefficient (Wildman–Crippen LogP) is 2.91. The third-order valence-corrected chi connectivity index (χ3v) is 6.48. The smallest absolute Gasteiger partial charge is 0.252 e. The maximum Gasteiger partial charge on any atom is 0.252 e. The molecule has 10 heteroatoms. The molecule has 0 bridgehead atoms. The van der Waals surface area contributed by atoms with Gasteiger partial charge in [0.2, 0.25) is 0 Å². The van der Waals surface area contributed by atoms with E-state index < -0.39 is 0 Å². The lowest BCUT2D eigenvalue weighted by molar-refractivity contribution is 0.0914. The van der Waals surface area contributed by atoms with E-state index in [0.717, 1.165) is 53.2 Å². The Bertz CT molecular complexity index is 1380. The highest BCUT2D eigenvalue weighted by Gasteiger charge is 2.21. The lowest BCUT2D eigenvalue weighted by Gasteiger charge is -2.23. The van der Waals surface area contributed by atoms with Gasteiger partial charge < -0.3 is 19.2 Å². The number of nitrogens with zero attached hydrogens (tertiary/aromatic N) is 5. The van der Waals surface area contributed by atoms with Gasteiger partial charge in [-0.05, 0) is 53.6 Å². The molecule has 2 aromatic heterocycles. The first-order valence-corrected chi connectivity index (χ1v) is 12.0. The van der Waals surface area contributed by atoms with Crippen LogP contribution in [0.4, 0.5) is 0 Å². The molecule has 0 radical (unpaired) electrons. The number of methoxy groups -OCH3 is 2. The molecular formula is C26H30N6O4. The van der Waals surface area contributed by atoms with Crippen molar-refractivity contribution in [2.24, 2.45) is 0 Å². The zero-order valence-corrected chi connectivity index (χ0v) is 20.5. The maximum absolute atomic E-state index is 13.0. The molecule has 2 aromatic carbocycles. The Kier molecular flexibility index (Phi) is 7.24. The number of H-pyrrole nitrogens is 1. The van der Waals surface area contributed by atoms with E-state index in [0.29, 0.717) is 31.7 Å². The number of benzene rings is 2. The quantitative estimate of drug-likeness (QED) is 0.362. The lowest BCUT2D eigenvalue weighted by atomic mass is 10.1. The number of hydrogen-bond acceptors (Lipinski definition) is 8. The molecule has 1 atom stereocenters. The highest BCUT2D eigenvalue weighted by atomic mass is 16.5. The number of nitrogens with one attached hydrogen (secondary N) is 1. The van der Waals surface area contributed by atoms with Gasteiger partial charge in [0.25, 0.3) is 5.56 Å². The lowest BCUT2D eigenvalue weighted by Crippen LogP contribution is -2.29. The summed E-state index contributed by atoms with van der Waals surface area (Å²) in [7, 11) is 3.29. The number of ether oxygens (including phenoxy) is 3. The average molecular weight is 491 g/mol. The zero-order chi connectivity index (χ0) is 24.9. The first kappa shape index (κ1) is 24.0. The van der Waals surface area contributed by atoms with Crippen molar-refractivity contribution < 1.29 is 14.2 Å². The summed E-state index contributed by atoms with van der Waals surface area (Å²) < 4.78 is 18.5. The Hall–Kier alpha value is -3.76. The molecule has 36 heavy (non-hydrogen) atoms. The van der Waals surface area contributed by atoms with Gasteiger partial charge in [0.1, 0.15) is 11.5 Å². The number of tetrazole rings is 1. The normalized spacial score (nSPS) is 15.6. The number of aromatic amines is 1. The van der Waals surface area contributed by atoms with Gasteiger partial charge in [-0.15, -0.1) is 5.10 Å². The molecule has 188 valence electrons. The molecule has 1 aliphatic rings. The van der Waals surface area contributed by atoms with E-state index in [1.54, 1.807) is 18.9 Å². The SMILES string of the molecule is COc1ccc2[nH]c(=O)c(CN(Cc3ccccc3OC)Cc3nnnn3C[C@H]3CCCO3)cc2c1. The number of para-hydroxylation sites is 1. The number of rotatable bonds is 10. The fraction of sp³-hybridized carbons (Fsp3) is 0.385. The van der Waals surface area contributed by atoms with Gasteiger partial charge in [-0.3, -0.25) is 9.69 Å². The van der Waals surface area contributed by atoms with Crippen LogP contribution in [0.15, 0.2) is 53.3 Å². The number of pyridine rings is 1. The minimum absolute atomic E-state index is 0.119. The van der Waals surface area contributed by atoms with E-state index in [9.17, 15) is 4.79 Å². The minimum atomic E-state index is -0.128. The number of fused-ring (bicyclic) bond motifs is 1. The second-order valence-corrected chi connectivity index (χ2v) is 8.95. The van der Waals surface area contributed by atoms with Crippen LogP contribution in [-0.4, -0.2) is 57.0 Å². The van der Waals surface area contributed by atoms with E-state index >= 15 is 0 Å². The second-order valence-electron chi connectivity index (χ2n) is 8.95. The van der Waals surface area contributed by atoms with Gasteiger partial charge in [-0.1, -0.05) is 18.2 Å². The summed E-state index contributed by atoms with van der Waals surface area (Å²) in [6.07, 6.45) is 2.17. The van der Waals surface area contributed by atoms with Crippen molar-refractivity contribution in [2.75, 3.05) is 20.8 Å². The van der Waals surface area contributed by atoms with Crippen LogP contribution in [0.25, 0.3) is 10.9 Å². The van der Waals surface area contributed by atoms with Crippen molar-refractivity contribution in [3.63, 3.8) is 0 Å². The average Bonchev–Trinajstić information content (AvgIpc) is 3.57. The Balaban J connectivity index is 1.45.